The van der Waals surface area contributed by atoms with Crippen LogP contribution in [-0.4, -0.2) is 6.54 Å². The second-order valence-corrected chi connectivity index (χ2v) is 7.25. The maximum atomic E-state index is 3.60. The van der Waals surface area contributed by atoms with Crippen molar-refractivity contribution >= 4 is 53.5 Å². The predicted molar refractivity (Wildman–Crippen MR) is 84.6 cm³/mol. The highest BCUT2D eigenvalue weighted by Gasteiger charge is 2.14. The van der Waals surface area contributed by atoms with Gasteiger partial charge in [-0.05, 0) is 62.8 Å². The molecule has 2 rings (SSSR count). The molecule has 1 aromatic carbocycles. The van der Waals surface area contributed by atoms with E-state index in [0.29, 0.717) is 0 Å². The van der Waals surface area contributed by atoms with E-state index < -0.39 is 0 Å². The van der Waals surface area contributed by atoms with Crippen molar-refractivity contribution in [3.63, 3.8) is 0 Å². The Morgan fingerprint density at radius 2 is 1.59 bits per heavy atom. The summed E-state index contributed by atoms with van der Waals surface area (Å²) in [5.74, 6) is 0.839. The minimum absolute atomic E-state index is 0.839. The second kappa shape index (κ2) is 6.58. The first-order chi connectivity index (χ1) is 8.16. The standard InChI is InChI=1S/C13H16Br3N/c14-10-6-11(15)13(12(16)7-10)17-8-9-4-2-1-3-5-9/h6-7,9,17H,1-5,8H2. The summed E-state index contributed by atoms with van der Waals surface area (Å²) in [6, 6.07) is 4.15. The third-order valence-corrected chi connectivity index (χ3v) is 5.01. The molecule has 0 atom stereocenters. The van der Waals surface area contributed by atoms with Crippen LogP contribution >= 0.6 is 47.8 Å². The molecule has 17 heavy (non-hydrogen) atoms. The molecule has 0 aromatic heterocycles. The normalized spacial score (nSPS) is 17.1. The van der Waals surface area contributed by atoms with Gasteiger partial charge in [0.15, 0.2) is 0 Å². The van der Waals surface area contributed by atoms with Crippen LogP contribution in [0, 0.1) is 5.92 Å². The van der Waals surface area contributed by atoms with Crippen LogP contribution < -0.4 is 5.32 Å². The first-order valence-corrected chi connectivity index (χ1v) is 8.43. The third-order valence-electron chi connectivity index (χ3n) is 3.30. The van der Waals surface area contributed by atoms with Gasteiger partial charge < -0.3 is 5.32 Å². The number of anilines is 1. The highest BCUT2D eigenvalue weighted by molar-refractivity contribution is 9.11. The lowest BCUT2D eigenvalue weighted by molar-refractivity contribution is 0.373. The van der Waals surface area contributed by atoms with Crippen molar-refractivity contribution in [1.82, 2.24) is 0 Å². The van der Waals surface area contributed by atoms with Crippen LogP contribution in [0.25, 0.3) is 0 Å². The number of halogens is 3. The number of rotatable bonds is 3. The summed E-state index contributed by atoms with van der Waals surface area (Å²) in [4.78, 5) is 0. The highest BCUT2D eigenvalue weighted by Crippen LogP contribution is 2.35. The smallest absolute Gasteiger partial charge is 0.0629 e. The Morgan fingerprint density at radius 1 is 1.00 bits per heavy atom. The van der Waals surface area contributed by atoms with Crippen LogP contribution in [0.15, 0.2) is 25.6 Å². The van der Waals surface area contributed by atoms with Gasteiger partial charge in [0.1, 0.15) is 0 Å². The van der Waals surface area contributed by atoms with Gasteiger partial charge in [0.2, 0.25) is 0 Å². The van der Waals surface area contributed by atoms with Gasteiger partial charge in [0, 0.05) is 20.0 Å². The van der Waals surface area contributed by atoms with Crippen molar-refractivity contribution in [2.75, 3.05) is 11.9 Å². The summed E-state index contributed by atoms with van der Waals surface area (Å²) in [6.45, 7) is 1.08. The fourth-order valence-corrected chi connectivity index (χ4v) is 4.89. The van der Waals surface area contributed by atoms with Crippen molar-refractivity contribution in [2.24, 2.45) is 5.92 Å². The van der Waals surface area contributed by atoms with Gasteiger partial charge in [0.25, 0.3) is 0 Å². The van der Waals surface area contributed by atoms with Crippen LogP contribution in [0.3, 0.4) is 0 Å². The van der Waals surface area contributed by atoms with Gasteiger partial charge in [-0.1, -0.05) is 35.2 Å². The maximum Gasteiger partial charge on any atom is 0.0629 e. The molecule has 0 unspecified atom stereocenters. The van der Waals surface area contributed by atoms with Gasteiger partial charge in [-0.2, -0.15) is 0 Å². The lowest BCUT2D eigenvalue weighted by Gasteiger charge is -2.23. The summed E-state index contributed by atoms with van der Waals surface area (Å²) in [5.41, 5.74) is 1.17. The van der Waals surface area contributed by atoms with Crippen LogP contribution in [0.1, 0.15) is 32.1 Å². The van der Waals surface area contributed by atoms with Crippen LogP contribution in [-0.2, 0) is 0 Å². The Morgan fingerprint density at radius 3 is 2.18 bits per heavy atom. The fourth-order valence-electron chi connectivity index (χ4n) is 2.35. The lowest BCUT2D eigenvalue weighted by atomic mass is 9.89. The van der Waals surface area contributed by atoms with E-state index in [-0.39, 0.29) is 0 Å². The molecule has 0 saturated heterocycles. The van der Waals surface area contributed by atoms with Crippen LogP contribution in [0.2, 0.25) is 0 Å². The Kier molecular flexibility index (Phi) is 5.37. The topological polar surface area (TPSA) is 12.0 Å². The van der Waals surface area contributed by atoms with Crippen molar-refractivity contribution in [2.45, 2.75) is 32.1 Å². The summed E-state index contributed by atoms with van der Waals surface area (Å²) in [6.07, 6.45) is 6.96. The van der Waals surface area contributed by atoms with Gasteiger partial charge in [-0.25, -0.2) is 0 Å². The molecule has 4 heteroatoms. The molecule has 0 heterocycles. The average molecular weight is 426 g/mol. The monoisotopic (exact) mass is 423 g/mol. The first kappa shape index (κ1) is 13.9. The molecule has 1 fully saturated rings. The maximum absolute atomic E-state index is 3.60. The van der Waals surface area contributed by atoms with Crippen LogP contribution in [0.4, 0.5) is 5.69 Å². The zero-order valence-electron chi connectivity index (χ0n) is 9.61. The van der Waals surface area contributed by atoms with Crippen molar-refractivity contribution in [1.29, 1.82) is 0 Å². The molecular formula is C13H16Br3N. The summed E-state index contributed by atoms with van der Waals surface area (Å²) >= 11 is 10.7. The summed E-state index contributed by atoms with van der Waals surface area (Å²) in [7, 11) is 0. The summed E-state index contributed by atoms with van der Waals surface area (Å²) in [5, 5.41) is 3.56. The van der Waals surface area contributed by atoms with Crippen molar-refractivity contribution in [3.8, 4) is 0 Å². The predicted octanol–water partition coefficient (Wildman–Crippen LogP) is 5.97. The Hall–Kier alpha value is 0.460. The molecule has 0 bridgehead atoms. The minimum Gasteiger partial charge on any atom is -0.383 e. The Bertz CT molecular complexity index is 363. The minimum atomic E-state index is 0.839. The van der Waals surface area contributed by atoms with Crippen molar-refractivity contribution in [3.05, 3.63) is 25.6 Å². The fraction of sp³-hybridized carbons (Fsp3) is 0.538. The summed E-state index contributed by atoms with van der Waals surface area (Å²) < 4.78 is 3.29. The number of nitrogens with one attached hydrogen (secondary N) is 1. The van der Waals surface area contributed by atoms with E-state index in [0.717, 1.165) is 25.9 Å². The molecule has 1 aliphatic carbocycles. The highest BCUT2D eigenvalue weighted by atomic mass is 79.9. The van der Waals surface area contributed by atoms with E-state index in [1.807, 2.05) is 0 Å². The number of hydrogen-bond acceptors (Lipinski definition) is 1. The number of hydrogen-bond donors (Lipinski definition) is 1. The van der Waals surface area contributed by atoms with Gasteiger partial charge in [-0.15, -0.1) is 0 Å². The zero-order valence-corrected chi connectivity index (χ0v) is 14.4. The van der Waals surface area contributed by atoms with E-state index in [4.69, 9.17) is 0 Å². The first-order valence-electron chi connectivity index (χ1n) is 6.05. The quantitative estimate of drug-likeness (QED) is 0.629. The molecule has 1 nitrogen and oxygen atoms in total. The van der Waals surface area contributed by atoms with Gasteiger partial charge >= 0.3 is 0 Å². The average Bonchev–Trinajstić information content (AvgIpc) is 2.29. The van der Waals surface area contributed by atoms with E-state index in [9.17, 15) is 0 Å². The SMILES string of the molecule is Brc1cc(Br)c(NCC2CCCCC2)c(Br)c1. The largest absolute Gasteiger partial charge is 0.383 e. The molecule has 0 spiro atoms. The number of benzene rings is 1. The van der Waals surface area contributed by atoms with E-state index in [1.54, 1.807) is 0 Å². The molecule has 0 aliphatic heterocycles. The third kappa shape index (κ3) is 3.97. The Labute approximate surface area is 128 Å². The molecule has 94 valence electrons. The van der Waals surface area contributed by atoms with Crippen LogP contribution in [0.5, 0.6) is 0 Å². The molecular weight excluding hydrogens is 410 g/mol. The molecule has 0 radical (unpaired) electrons. The van der Waals surface area contributed by atoms with Gasteiger partial charge in [-0.3, -0.25) is 0 Å². The molecule has 1 saturated carbocycles. The zero-order chi connectivity index (χ0) is 12.3. The van der Waals surface area contributed by atoms with E-state index in [2.05, 4.69) is 65.2 Å². The van der Waals surface area contributed by atoms with Crippen molar-refractivity contribution < 1.29 is 0 Å². The molecule has 0 amide bonds. The van der Waals surface area contributed by atoms with E-state index >= 15 is 0 Å². The second-order valence-electron chi connectivity index (χ2n) is 4.63. The molecule has 1 aromatic rings. The van der Waals surface area contributed by atoms with E-state index in [1.165, 1.54) is 37.8 Å². The molecule has 1 N–H and O–H groups in total. The Balaban J connectivity index is 1.98. The molecule has 1 aliphatic rings. The lowest BCUT2D eigenvalue weighted by Crippen LogP contribution is -2.17. The van der Waals surface area contributed by atoms with Gasteiger partial charge in [0.05, 0.1) is 5.69 Å².